The van der Waals surface area contributed by atoms with E-state index < -0.39 is 0 Å². The summed E-state index contributed by atoms with van der Waals surface area (Å²) in [4.78, 5) is 36.6. The first-order valence-corrected chi connectivity index (χ1v) is 11.8. The summed E-state index contributed by atoms with van der Waals surface area (Å²) in [6.45, 7) is 8.05. The molecule has 2 N–H and O–H groups in total. The molecule has 1 atom stereocenters. The minimum atomic E-state index is -0.328. The maximum absolute atomic E-state index is 13.2. The van der Waals surface area contributed by atoms with Crippen LogP contribution in [0, 0.1) is 6.92 Å². The van der Waals surface area contributed by atoms with E-state index in [4.69, 9.17) is 0 Å². The molecular weight excluding hydrogens is 462 g/mol. The minimum Gasteiger partial charge on any atom is -0.349 e. The van der Waals surface area contributed by atoms with Crippen molar-refractivity contribution in [3.8, 4) is 0 Å². The molecule has 0 saturated heterocycles. The molecule has 0 saturated carbocycles. The molecule has 1 unspecified atom stereocenters. The molecule has 0 bridgehead atoms. The van der Waals surface area contributed by atoms with E-state index >= 15 is 0 Å². The van der Waals surface area contributed by atoms with Gasteiger partial charge in [0.25, 0.3) is 11.8 Å². The van der Waals surface area contributed by atoms with Gasteiger partial charge in [-0.3, -0.25) is 19.9 Å². The standard InChI is InChI=1S/C25H27N7O2S/c1-15(2)32-22-21(35-25(28-22)29-23(33)17-10-8-16(3)9-11-17)20(30-32)24(34)27-14-19(31(4)5)18-7-6-12-26-13-18/h6-13,19H,1,14H2,2-5H3,(H,27,34)(H,28,29,33). The Bertz CT molecular complexity index is 1370. The van der Waals surface area contributed by atoms with Crippen LogP contribution in [0.1, 0.15) is 44.9 Å². The molecule has 180 valence electrons. The van der Waals surface area contributed by atoms with Crippen molar-refractivity contribution in [2.45, 2.75) is 19.9 Å². The zero-order valence-electron chi connectivity index (χ0n) is 20.1. The number of carbonyl (C=O) groups is 2. The molecule has 4 aromatic rings. The number of likely N-dealkylation sites (N-methyl/N-ethyl adjacent to an activating group) is 1. The highest BCUT2D eigenvalue weighted by Gasteiger charge is 2.24. The Hall–Kier alpha value is -3.89. The Morgan fingerprint density at radius 1 is 1.17 bits per heavy atom. The molecule has 35 heavy (non-hydrogen) atoms. The molecule has 4 rings (SSSR count). The lowest BCUT2D eigenvalue weighted by Gasteiger charge is -2.24. The fraction of sp³-hybridized carbons (Fsp3) is 0.240. The summed E-state index contributed by atoms with van der Waals surface area (Å²) in [5, 5.41) is 10.6. The van der Waals surface area contributed by atoms with E-state index in [1.165, 1.54) is 16.0 Å². The summed E-state index contributed by atoms with van der Waals surface area (Å²) in [6, 6.07) is 11.1. The summed E-state index contributed by atoms with van der Waals surface area (Å²) in [5.41, 5.74) is 3.91. The number of fused-ring (bicyclic) bond motifs is 1. The monoisotopic (exact) mass is 489 g/mol. The van der Waals surface area contributed by atoms with Gasteiger partial charge in [-0.1, -0.05) is 41.7 Å². The molecule has 3 heterocycles. The fourth-order valence-electron chi connectivity index (χ4n) is 3.59. The lowest BCUT2D eigenvalue weighted by atomic mass is 10.1. The number of anilines is 1. The number of allylic oxidation sites excluding steroid dienone is 1. The van der Waals surface area contributed by atoms with E-state index in [1.54, 1.807) is 31.5 Å². The Kier molecular flexibility index (Phi) is 7.04. The lowest BCUT2D eigenvalue weighted by Crippen LogP contribution is -2.34. The van der Waals surface area contributed by atoms with Gasteiger partial charge in [-0.05, 0) is 51.7 Å². The highest BCUT2D eigenvalue weighted by Crippen LogP contribution is 2.31. The molecule has 0 aliphatic heterocycles. The van der Waals surface area contributed by atoms with E-state index in [0.29, 0.717) is 33.3 Å². The van der Waals surface area contributed by atoms with Gasteiger partial charge >= 0.3 is 0 Å². The molecule has 2 amide bonds. The van der Waals surface area contributed by atoms with Crippen LogP contribution in [0.4, 0.5) is 5.13 Å². The Labute approximate surface area is 207 Å². The number of nitrogens with one attached hydrogen (secondary N) is 2. The first kappa shape index (κ1) is 24.2. The molecule has 9 nitrogen and oxygen atoms in total. The van der Waals surface area contributed by atoms with Gasteiger partial charge in [0.15, 0.2) is 16.5 Å². The van der Waals surface area contributed by atoms with Crippen LogP contribution in [0.3, 0.4) is 0 Å². The number of nitrogens with zero attached hydrogens (tertiary/aromatic N) is 5. The van der Waals surface area contributed by atoms with E-state index in [2.05, 4.69) is 32.3 Å². The molecule has 0 aliphatic carbocycles. The Balaban J connectivity index is 1.58. The largest absolute Gasteiger partial charge is 0.349 e. The first-order valence-electron chi connectivity index (χ1n) is 11.0. The summed E-state index contributed by atoms with van der Waals surface area (Å²) in [7, 11) is 3.90. The number of hydrogen-bond donors (Lipinski definition) is 2. The quantitative estimate of drug-likeness (QED) is 0.388. The number of carbonyl (C=O) groups excluding carboxylic acids is 2. The highest BCUT2D eigenvalue weighted by molar-refractivity contribution is 7.22. The first-order chi connectivity index (χ1) is 16.7. The third-order valence-electron chi connectivity index (χ3n) is 5.48. The number of amides is 2. The highest BCUT2D eigenvalue weighted by atomic mass is 32.1. The van der Waals surface area contributed by atoms with Crippen LogP contribution < -0.4 is 10.6 Å². The number of benzene rings is 1. The van der Waals surface area contributed by atoms with E-state index in [-0.39, 0.29) is 23.6 Å². The van der Waals surface area contributed by atoms with Gasteiger partial charge in [-0.2, -0.15) is 10.1 Å². The van der Waals surface area contributed by atoms with Crippen LogP contribution >= 0.6 is 11.3 Å². The zero-order chi connectivity index (χ0) is 25.1. The van der Waals surface area contributed by atoms with E-state index in [9.17, 15) is 9.59 Å². The van der Waals surface area contributed by atoms with Gasteiger partial charge < -0.3 is 10.2 Å². The molecule has 0 radical (unpaired) electrons. The van der Waals surface area contributed by atoms with Crippen LogP contribution in [0.25, 0.3) is 16.0 Å². The van der Waals surface area contributed by atoms with Crippen molar-refractivity contribution in [2.24, 2.45) is 0 Å². The molecule has 0 aliphatic rings. The van der Waals surface area contributed by atoms with E-state index in [1.807, 2.05) is 50.2 Å². The van der Waals surface area contributed by atoms with Crippen molar-refractivity contribution < 1.29 is 9.59 Å². The normalized spacial score (nSPS) is 12.0. The minimum absolute atomic E-state index is 0.0582. The molecule has 0 spiro atoms. The molecule has 0 fully saturated rings. The number of rotatable bonds is 8. The smallest absolute Gasteiger partial charge is 0.273 e. The van der Waals surface area contributed by atoms with Crippen LogP contribution in [0.5, 0.6) is 0 Å². The lowest BCUT2D eigenvalue weighted by molar-refractivity contribution is 0.0937. The second-order valence-corrected chi connectivity index (χ2v) is 9.46. The predicted octanol–water partition coefficient (Wildman–Crippen LogP) is 3.97. The number of hydrogen-bond acceptors (Lipinski definition) is 7. The van der Waals surface area contributed by atoms with Crippen molar-refractivity contribution in [3.63, 3.8) is 0 Å². The Morgan fingerprint density at radius 2 is 1.91 bits per heavy atom. The van der Waals surface area contributed by atoms with Gasteiger partial charge in [0, 0.05) is 30.2 Å². The summed E-state index contributed by atoms with van der Waals surface area (Å²) in [5.74, 6) is -0.599. The van der Waals surface area contributed by atoms with Crippen molar-refractivity contribution in [3.05, 3.63) is 77.8 Å². The fourth-order valence-corrected chi connectivity index (χ4v) is 4.51. The summed E-state index contributed by atoms with van der Waals surface area (Å²) < 4.78 is 2.10. The van der Waals surface area contributed by atoms with E-state index in [0.717, 1.165) is 11.1 Å². The number of aromatic nitrogens is 4. The number of pyridine rings is 1. The maximum Gasteiger partial charge on any atom is 0.273 e. The molecule has 3 aromatic heterocycles. The second kappa shape index (κ2) is 10.2. The van der Waals surface area contributed by atoms with Gasteiger partial charge in [-0.15, -0.1) is 0 Å². The van der Waals surface area contributed by atoms with Gasteiger partial charge in [0.05, 0.1) is 6.04 Å². The summed E-state index contributed by atoms with van der Waals surface area (Å²) >= 11 is 1.20. The maximum atomic E-state index is 13.2. The van der Waals surface area contributed by atoms with Gasteiger partial charge in [0.2, 0.25) is 0 Å². The van der Waals surface area contributed by atoms with Crippen LogP contribution in [0.15, 0.2) is 55.4 Å². The second-order valence-electron chi connectivity index (χ2n) is 8.46. The van der Waals surface area contributed by atoms with Crippen LogP contribution in [-0.2, 0) is 0 Å². The average Bonchev–Trinajstić information content (AvgIpc) is 3.38. The number of aryl methyl sites for hydroxylation is 1. The predicted molar refractivity (Wildman–Crippen MR) is 139 cm³/mol. The Morgan fingerprint density at radius 3 is 2.54 bits per heavy atom. The molecule has 10 heteroatoms. The van der Waals surface area contributed by atoms with Crippen molar-refractivity contribution >= 4 is 44.3 Å². The third-order valence-corrected chi connectivity index (χ3v) is 6.45. The average molecular weight is 490 g/mol. The number of thiazole rings is 1. The molecular formula is C25H27N7O2S. The SMILES string of the molecule is C=C(C)n1nc(C(=O)NCC(c2cccnc2)N(C)C)c2sc(NC(=O)c3ccc(C)cc3)nc21. The molecule has 1 aromatic carbocycles. The van der Waals surface area contributed by atoms with Crippen molar-refractivity contribution in [1.82, 2.24) is 30.0 Å². The van der Waals surface area contributed by atoms with Crippen molar-refractivity contribution in [2.75, 3.05) is 26.0 Å². The third kappa shape index (κ3) is 5.28. The van der Waals surface area contributed by atoms with Crippen LogP contribution in [-0.4, -0.2) is 57.1 Å². The van der Waals surface area contributed by atoms with Gasteiger partial charge in [-0.25, -0.2) is 4.68 Å². The zero-order valence-corrected chi connectivity index (χ0v) is 20.9. The van der Waals surface area contributed by atoms with Crippen molar-refractivity contribution in [1.29, 1.82) is 0 Å². The topological polar surface area (TPSA) is 105 Å². The van der Waals surface area contributed by atoms with Gasteiger partial charge in [0.1, 0.15) is 4.70 Å². The van der Waals surface area contributed by atoms with Crippen LogP contribution in [0.2, 0.25) is 0 Å². The summed E-state index contributed by atoms with van der Waals surface area (Å²) in [6.07, 6.45) is 3.51.